The molecule has 0 bridgehead atoms. The SMILES string of the molecule is CCOC(=O)CC(O)(C(=O)OCC)C(C=O)C(=O)OCC. The van der Waals surface area contributed by atoms with E-state index in [-0.39, 0.29) is 26.1 Å². The highest BCUT2D eigenvalue weighted by Crippen LogP contribution is 2.24. The minimum Gasteiger partial charge on any atom is -0.466 e. The summed E-state index contributed by atoms with van der Waals surface area (Å²) in [7, 11) is 0. The number of hydrogen-bond donors (Lipinski definition) is 1. The van der Waals surface area contributed by atoms with Crippen molar-refractivity contribution in [2.24, 2.45) is 5.92 Å². The van der Waals surface area contributed by atoms with Crippen LogP contribution < -0.4 is 0 Å². The van der Waals surface area contributed by atoms with Crippen LogP contribution in [0.1, 0.15) is 27.2 Å². The Kier molecular flexibility index (Phi) is 8.22. The third-order valence-corrected chi connectivity index (χ3v) is 2.54. The molecule has 2 atom stereocenters. The first-order chi connectivity index (χ1) is 9.87. The van der Waals surface area contributed by atoms with Crippen molar-refractivity contribution in [3.05, 3.63) is 0 Å². The van der Waals surface area contributed by atoms with Gasteiger partial charge in [-0.05, 0) is 20.8 Å². The van der Waals surface area contributed by atoms with Crippen LogP contribution in [-0.2, 0) is 33.4 Å². The molecule has 0 heterocycles. The second-order valence-corrected chi connectivity index (χ2v) is 3.99. The summed E-state index contributed by atoms with van der Waals surface area (Å²) in [6, 6.07) is 0. The van der Waals surface area contributed by atoms with Gasteiger partial charge in [0.25, 0.3) is 0 Å². The summed E-state index contributed by atoms with van der Waals surface area (Å²) in [5.74, 6) is -5.19. The van der Waals surface area contributed by atoms with Gasteiger partial charge < -0.3 is 24.1 Å². The molecule has 0 aliphatic heterocycles. The molecule has 0 fully saturated rings. The summed E-state index contributed by atoms with van der Waals surface area (Å²) < 4.78 is 13.9. The van der Waals surface area contributed by atoms with Gasteiger partial charge in [-0.1, -0.05) is 0 Å². The van der Waals surface area contributed by atoms with Crippen LogP contribution in [-0.4, -0.2) is 54.7 Å². The fourth-order valence-corrected chi connectivity index (χ4v) is 1.59. The number of aliphatic hydroxyl groups is 1. The fourth-order valence-electron chi connectivity index (χ4n) is 1.59. The summed E-state index contributed by atoms with van der Waals surface area (Å²) in [4.78, 5) is 46.2. The van der Waals surface area contributed by atoms with E-state index in [1.165, 1.54) is 20.8 Å². The molecule has 0 aromatic heterocycles. The van der Waals surface area contributed by atoms with Crippen molar-refractivity contribution in [1.82, 2.24) is 0 Å². The number of hydrogen-bond acceptors (Lipinski definition) is 8. The lowest BCUT2D eigenvalue weighted by atomic mass is 9.85. The van der Waals surface area contributed by atoms with E-state index in [1.807, 2.05) is 0 Å². The van der Waals surface area contributed by atoms with Gasteiger partial charge >= 0.3 is 17.9 Å². The maximum absolute atomic E-state index is 11.9. The van der Waals surface area contributed by atoms with Gasteiger partial charge in [-0.25, -0.2) is 4.79 Å². The lowest BCUT2D eigenvalue weighted by molar-refractivity contribution is -0.185. The summed E-state index contributed by atoms with van der Waals surface area (Å²) >= 11 is 0. The first kappa shape index (κ1) is 19.0. The van der Waals surface area contributed by atoms with E-state index >= 15 is 0 Å². The van der Waals surface area contributed by atoms with Crippen molar-refractivity contribution in [3.63, 3.8) is 0 Å². The Bertz CT molecular complexity index is 392. The first-order valence-corrected chi connectivity index (χ1v) is 6.54. The average Bonchev–Trinajstić information content (AvgIpc) is 2.40. The number of carbonyl (C=O) groups is 4. The van der Waals surface area contributed by atoms with E-state index in [2.05, 4.69) is 14.2 Å². The topological polar surface area (TPSA) is 116 Å². The Morgan fingerprint density at radius 3 is 2.00 bits per heavy atom. The molecule has 0 radical (unpaired) electrons. The van der Waals surface area contributed by atoms with Gasteiger partial charge in [0.1, 0.15) is 6.29 Å². The molecule has 0 saturated carbocycles. The van der Waals surface area contributed by atoms with Gasteiger partial charge in [-0.2, -0.15) is 0 Å². The van der Waals surface area contributed by atoms with Gasteiger partial charge in [0.15, 0.2) is 11.5 Å². The molecule has 0 aromatic carbocycles. The van der Waals surface area contributed by atoms with Crippen LogP contribution in [0.25, 0.3) is 0 Å². The molecule has 0 rings (SSSR count). The summed E-state index contributed by atoms with van der Waals surface area (Å²) in [5.41, 5.74) is -2.66. The average molecular weight is 304 g/mol. The minimum absolute atomic E-state index is 0.0168. The number of esters is 3. The fraction of sp³-hybridized carbons (Fsp3) is 0.692. The predicted molar refractivity (Wildman–Crippen MR) is 69.0 cm³/mol. The molecule has 0 saturated heterocycles. The van der Waals surface area contributed by atoms with Gasteiger partial charge in [-0.3, -0.25) is 9.59 Å². The molecule has 120 valence electrons. The number of aldehydes is 1. The largest absolute Gasteiger partial charge is 0.466 e. The number of carbonyl (C=O) groups excluding carboxylic acids is 4. The van der Waals surface area contributed by atoms with Crippen LogP contribution in [0, 0.1) is 5.92 Å². The van der Waals surface area contributed by atoms with Gasteiger partial charge in [-0.15, -0.1) is 0 Å². The van der Waals surface area contributed by atoms with Gasteiger partial charge in [0.05, 0.1) is 26.2 Å². The molecule has 1 N–H and O–H groups in total. The van der Waals surface area contributed by atoms with Crippen LogP contribution in [0.2, 0.25) is 0 Å². The molecule has 0 aliphatic rings. The highest BCUT2D eigenvalue weighted by Gasteiger charge is 2.52. The van der Waals surface area contributed by atoms with Crippen molar-refractivity contribution in [1.29, 1.82) is 0 Å². The van der Waals surface area contributed by atoms with Crippen molar-refractivity contribution in [2.45, 2.75) is 32.8 Å². The second kappa shape index (κ2) is 9.06. The highest BCUT2D eigenvalue weighted by atomic mass is 16.6. The van der Waals surface area contributed by atoms with Gasteiger partial charge in [0, 0.05) is 0 Å². The third-order valence-electron chi connectivity index (χ3n) is 2.54. The van der Waals surface area contributed by atoms with E-state index in [9.17, 15) is 24.3 Å². The predicted octanol–water partition coefficient (Wildman–Crippen LogP) is -0.388. The zero-order valence-electron chi connectivity index (χ0n) is 12.3. The Balaban J connectivity index is 5.44. The molecule has 0 spiro atoms. The molecule has 8 nitrogen and oxygen atoms in total. The summed E-state index contributed by atoms with van der Waals surface area (Å²) in [5, 5.41) is 10.4. The Labute approximate surface area is 122 Å². The van der Waals surface area contributed by atoms with Gasteiger partial charge in [0.2, 0.25) is 0 Å². The van der Waals surface area contributed by atoms with E-state index in [0.717, 1.165) is 0 Å². The quantitative estimate of drug-likeness (QED) is 0.265. The molecule has 0 aliphatic carbocycles. The Hall–Kier alpha value is -1.96. The van der Waals surface area contributed by atoms with E-state index < -0.39 is 35.8 Å². The maximum atomic E-state index is 11.9. The normalized spacial score (nSPS) is 14.5. The smallest absolute Gasteiger partial charge is 0.340 e. The van der Waals surface area contributed by atoms with Crippen molar-refractivity contribution in [2.75, 3.05) is 19.8 Å². The zero-order valence-corrected chi connectivity index (χ0v) is 12.3. The van der Waals surface area contributed by atoms with Crippen molar-refractivity contribution >= 4 is 24.2 Å². The summed E-state index contributed by atoms with van der Waals surface area (Å²) in [6.07, 6.45) is -0.837. The minimum atomic E-state index is -2.66. The van der Waals surface area contributed by atoms with Crippen LogP contribution in [0.15, 0.2) is 0 Å². The van der Waals surface area contributed by atoms with Crippen LogP contribution >= 0.6 is 0 Å². The molecule has 0 amide bonds. The van der Waals surface area contributed by atoms with E-state index in [0.29, 0.717) is 0 Å². The van der Waals surface area contributed by atoms with Crippen LogP contribution in [0.3, 0.4) is 0 Å². The zero-order chi connectivity index (χ0) is 16.5. The molecule has 8 heteroatoms. The Morgan fingerprint density at radius 1 is 1.05 bits per heavy atom. The number of rotatable bonds is 9. The number of ether oxygens (including phenoxy) is 3. The molecule has 0 aromatic rings. The molecular formula is C13H20O8. The van der Waals surface area contributed by atoms with Crippen LogP contribution in [0.4, 0.5) is 0 Å². The lowest BCUT2D eigenvalue weighted by Gasteiger charge is -2.28. The Morgan fingerprint density at radius 2 is 1.57 bits per heavy atom. The first-order valence-electron chi connectivity index (χ1n) is 6.54. The van der Waals surface area contributed by atoms with Crippen molar-refractivity contribution in [3.8, 4) is 0 Å². The maximum Gasteiger partial charge on any atom is 0.340 e. The monoisotopic (exact) mass is 304 g/mol. The molecule has 2 unspecified atom stereocenters. The van der Waals surface area contributed by atoms with E-state index in [1.54, 1.807) is 0 Å². The standard InChI is InChI=1S/C13H20O8/c1-4-19-10(15)7-13(18,12(17)21-6-3)9(8-14)11(16)20-5-2/h8-9,18H,4-7H2,1-3H3. The summed E-state index contributed by atoms with van der Waals surface area (Å²) in [6.45, 7) is 4.37. The molecular weight excluding hydrogens is 284 g/mol. The third kappa shape index (κ3) is 5.14. The van der Waals surface area contributed by atoms with Crippen molar-refractivity contribution < 1.29 is 38.5 Å². The van der Waals surface area contributed by atoms with Crippen LogP contribution in [0.5, 0.6) is 0 Å². The lowest BCUT2D eigenvalue weighted by Crippen LogP contribution is -2.53. The van der Waals surface area contributed by atoms with E-state index in [4.69, 9.17) is 0 Å². The highest BCUT2D eigenvalue weighted by molar-refractivity contribution is 5.99. The molecule has 21 heavy (non-hydrogen) atoms. The second-order valence-electron chi connectivity index (χ2n) is 3.99.